The topological polar surface area (TPSA) is 101 Å². The largest absolute Gasteiger partial charge is 0.522 e. The molecule has 1 aliphatic rings. The van der Waals surface area contributed by atoms with Crippen molar-refractivity contribution in [2.75, 3.05) is 18.5 Å². The van der Waals surface area contributed by atoms with Gasteiger partial charge in [0.25, 0.3) is 11.8 Å². The molecule has 2 amide bonds. The SMILES string of the molecule is CCc1ccc(C(=O)NC(CO)CCOC(F)(F)F)cc1NC(=O)c1cnc(CC2CC2)s1. The third kappa shape index (κ3) is 7.79. The van der Waals surface area contributed by atoms with Crippen LogP contribution in [0.3, 0.4) is 0 Å². The molecular formula is C22H26F3N3O4S. The summed E-state index contributed by atoms with van der Waals surface area (Å²) in [6.45, 7) is 0.675. The van der Waals surface area contributed by atoms with Gasteiger partial charge in [-0.1, -0.05) is 13.0 Å². The number of nitrogens with zero attached hydrogens (tertiary/aromatic N) is 1. The Kier molecular flexibility index (Phi) is 8.44. The molecule has 1 aliphatic carbocycles. The van der Waals surface area contributed by atoms with Gasteiger partial charge in [-0.15, -0.1) is 24.5 Å². The lowest BCUT2D eigenvalue weighted by atomic mass is 10.1. The van der Waals surface area contributed by atoms with Crippen LogP contribution >= 0.6 is 11.3 Å². The maximum atomic E-state index is 12.7. The highest BCUT2D eigenvalue weighted by molar-refractivity contribution is 7.13. The van der Waals surface area contributed by atoms with Crippen LogP contribution in [-0.2, 0) is 17.6 Å². The van der Waals surface area contributed by atoms with Gasteiger partial charge in [0.15, 0.2) is 0 Å². The summed E-state index contributed by atoms with van der Waals surface area (Å²) in [6, 6.07) is 3.87. The lowest BCUT2D eigenvalue weighted by molar-refractivity contribution is -0.325. The molecule has 1 atom stereocenters. The van der Waals surface area contributed by atoms with Crippen LogP contribution in [0.1, 0.15) is 56.8 Å². The minimum absolute atomic E-state index is 0.205. The van der Waals surface area contributed by atoms with Gasteiger partial charge in [0, 0.05) is 17.7 Å². The molecule has 1 fully saturated rings. The number of carbonyl (C=O) groups is 2. The van der Waals surface area contributed by atoms with Crippen molar-refractivity contribution in [3.63, 3.8) is 0 Å². The maximum Gasteiger partial charge on any atom is 0.522 e. The Morgan fingerprint density at radius 2 is 2.06 bits per heavy atom. The molecular weight excluding hydrogens is 459 g/mol. The van der Waals surface area contributed by atoms with Crippen LogP contribution in [0.5, 0.6) is 0 Å². The average molecular weight is 486 g/mol. The van der Waals surface area contributed by atoms with E-state index in [-0.39, 0.29) is 17.9 Å². The summed E-state index contributed by atoms with van der Waals surface area (Å²) in [4.78, 5) is 30.1. The Balaban J connectivity index is 1.64. The summed E-state index contributed by atoms with van der Waals surface area (Å²) >= 11 is 1.35. The summed E-state index contributed by atoms with van der Waals surface area (Å²) in [5, 5.41) is 15.6. The monoisotopic (exact) mass is 485 g/mol. The molecule has 1 aromatic heterocycles. The van der Waals surface area contributed by atoms with Crippen LogP contribution in [0.15, 0.2) is 24.4 Å². The van der Waals surface area contributed by atoms with Gasteiger partial charge in [0.1, 0.15) is 4.88 Å². The molecule has 0 aliphatic heterocycles. The summed E-state index contributed by atoms with van der Waals surface area (Å²) in [5.41, 5.74) is 1.49. The molecule has 1 aromatic carbocycles. The number of hydrogen-bond acceptors (Lipinski definition) is 6. The number of halogens is 3. The van der Waals surface area contributed by atoms with Crippen molar-refractivity contribution in [3.8, 4) is 0 Å². The Morgan fingerprint density at radius 1 is 1.30 bits per heavy atom. The third-order valence-corrected chi connectivity index (χ3v) is 6.24. The van der Waals surface area contributed by atoms with Crippen LogP contribution in [0.2, 0.25) is 0 Å². The molecule has 180 valence electrons. The summed E-state index contributed by atoms with van der Waals surface area (Å²) in [5.74, 6) is -0.236. The van der Waals surface area contributed by atoms with Gasteiger partial charge >= 0.3 is 6.36 Å². The molecule has 0 bridgehead atoms. The van der Waals surface area contributed by atoms with E-state index < -0.39 is 31.5 Å². The van der Waals surface area contributed by atoms with Gasteiger partial charge in [-0.05, 0) is 49.3 Å². The number of aryl methyl sites for hydroxylation is 1. The number of carbonyl (C=O) groups excluding carboxylic acids is 2. The zero-order valence-corrected chi connectivity index (χ0v) is 18.9. The normalized spacial score (nSPS) is 14.7. The molecule has 1 unspecified atom stereocenters. The van der Waals surface area contributed by atoms with Crippen molar-refractivity contribution in [3.05, 3.63) is 45.4 Å². The lowest BCUT2D eigenvalue weighted by Crippen LogP contribution is -2.38. The number of hydrogen-bond donors (Lipinski definition) is 3. The molecule has 1 heterocycles. The Hall–Kier alpha value is -2.50. The Morgan fingerprint density at radius 3 is 2.70 bits per heavy atom. The van der Waals surface area contributed by atoms with Gasteiger partial charge in [-0.2, -0.15) is 0 Å². The number of thiazole rings is 1. The predicted molar refractivity (Wildman–Crippen MR) is 117 cm³/mol. The number of alkyl halides is 3. The van der Waals surface area contributed by atoms with Crippen LogP contribution in [0.25, 0.3) is 0 Å². The van der Waals surface area contributed by atoms with E-state index >= 15 is 0 Å². The second kappa shape index (κ2) is 11.1. The van der Waals surface area contributed by atoms with Gasteiger partial charge in [0.05, 0.1) is 30.5 Å². The molecule has 2 aromatic rings. The fourth-order valence-electron chi connectivity index (χ4n) is 3.20. The molecule has 0 radical (unpaired) electrons. The number of rotatable bonds is 11. The van der Waals surface area contributed by atoms with Crippen molar-refractivity contribution in [2.24, 2.45) is 5.92 Å². The van der Waals surface area contributed by atoms with Gasteiger partial charge in [-0.3, -0.25) is 14.3 Å². The quantitative estimate of drug-likeness (QED) is 0.448. The summed E-state index contributed by atoms with van der Waals surface area (Å²) < 4.78 is 40.1. The highest BCUT2D eigenvalue weighted by Crippen LogP contribution is 2.33. The zero-order valence-electron chi connectivity index (χ0n) is 18.1. The highest BCUT2D eigenvalue weighted by atomic mass is 32.1. The molecule has 0 spiro atoms. The number of aromatic nitrogens is 1. The predicted octanol–water partition coefficient (Wildman–Crippen LogP) is 3.93. The number of anilines is 1. The first-order valence-electron chi connectivity index (χ1n) is 10.7. The van der Waals surface area contributed by atoms with E-state index in [1.165, 1.54) is 30.2 Å². The number of ether oxygens (including phenoxy) is 1. The van der Waals surface area contributed by atoms with Crippen LogP contribution < -0.4 is 10.6 Å². The van der Waals surface area contributed by atoms with E-state index in [9.17, 15) is 27.9 Å². The number of benzene rings is 1. The van der Waals surface area contributed by atoms with Crippen LogP contribution in [0.4, 0.5) is 18.9 Å². The second-order valence-corrected chi connectivity index (χ2v) is 9.00. The maximum absolute atomic E-state index is 12.7. The van der Waals surface area contributed by atoms with Gasteiger partial charge in [-0.25, -0.2) is 4.98 Å². The van der Waals surface area contributed by atoms with E-state index in [4.69, 9.17) is 0 Å². The number of aliphatic hydroxyl groups excluding tert-OH is 1. The molecule has 3 N–H and O–H groups in total. The van der Waals surface area contributed by atoms with E-state index in [2.05, 4.69) is 20.4 Å². The molecule has 3 rings (SSSR count). The number of aliphatic hydroxyl groups is 1. The fraction of sp³-hybridized carbons (Fsp3) is 0.500. The standard InChI is InChI=1S/C22H26F3N3O4S/c1-2-14-5-6-15(20(30)27-16(12-29)7-8-32-22(23,24)25)10-17(14)28-21(31)18-11-26-19(33-18)9-13-3-4-13/h5-6,10-11,13,16,29H,2-4,7-9,12H2,1H3,(H,27,30)(H,28,31). The van der Waals surface area contributed by atoms with Gasteiger partial charge in [0.2, 0.25) is 0 Å². The smallest absolute Gasteiger partial charge is 0.394 e. The Labute approximate surface area is 193 Å². The van der Waals surface area contributed by atoms with Crippen molar-refractivity contribution >= 4 is 28.8 Å². The van der Waals surface area contributed by atoms with Crippen LogP contribution in [0, 0.1) is 5.92 Å². The third-order valence-electron chi connectivity index (χ3n) is 5.23. The van der Waals surface area contributed by atoms with Crippen LogP contribution in [-0.4, -0.2) is 47.5 Å². The Bertz CT molecular complexity index is 976. The first-order chi connectivity index (χ1) is 15.7. The minimum atomic E-state index is -4.77. The fourth-order valence-corrected chi connectivity index (χ4v) is 4.13. The van der Waals surface area contributed by atoms with Crippen molar-refractivity contribution in [1.82, 2.24) is 10.3 Å². The average Bonchev–Trinajstić information content (AvgIpc) is 3.45. The van der Waals surface area contributed by atoms with Crippen molar-refractivity contribution in [2.45, 2.75) is 51.4 Å². The molecule has 7 nitrogen and oxygen atoms in total. The van der Waals surface area contributed by atoms with Crippen molar-refractivity contribution in [1.29, 1.82) is 0 Å². The molecule has 0 saturated heterocycles. The molecule has 33 heavy (non-hydrogen) atoms. The van der Waals surface area contributed by atoms with E-state index in [0.29, 0.717) is 22.9 Å². The van der Waals surface area contributed by atoms with E-state index in [0.717, 1.165) is 17.0 Å². The zero-order chi connectivity index (χ0) is 24.0. The minimum Gasteiger partial charge on any atom is -0.394 e. The first kappa shape index (κ1) is 25.1. The van der Waals surface area contributed by atoms with E-state index in [1.807, 2.05) is 6.92 Å². The molecule has 11 heteroatoms. The highest BCUT2D eigenvalue weighted by Gasteiger charge is 2.29. The number of nitrogens with one attached hydrogen (secondary N) is 2. The van der Waals surface area contributed by atoms with E-state index in [1.54, 1.807) is 18.3 Å². The summed E-state index contributed by atoms with van der Waals surface area (Å²) in [7, 11) is 0. The lowest BCUT2D eigenvalue weighted by Gasteiger charge is -2.18. The van der Waals surface area contributed by atoms with Crippen molar-refractivity contribution < 1.29 is 32.6 Å². The molecule has 1 saturated carbocycles. The first-order valence-corrected chi connectivity index (χ1v) is 11.5. The number of amides is 2. The second-order valence-electron chi connectivity index (χ2n) is 7.88. The summed E-state index contributed by atoms with van der Waals surface area (Å²) in [6.07, 6.45) is 0.450. The van der Waals surface area contributed by atoms with Gasteiger partial charge < -0.3 is 15.7 Å².